The van der Waals surface area contributed by atoms with Crippen LogP contribution in [0, 0.1) is 5.41 Å². The molecule has 1 saturated heterocycles. The number of rotatable bonds is 2. The van der Waals surface area contributed by atoms with Crippen LogP contribution in [0.15, 0.2) is 60.7 Å². The lowest BCUT2D eigenvalue weighted by Crippen LogP contribution is -2.72. The zero-order valence-electron chi connectivity index (χ0n) is 12.8. The van der Waals surface area contributed by atoms with Crippen molar-refractivity contribution in [2.75, 3.05) is 6.61 Å². The van der Waals surface area contributed by atoms with E-state index in [1.54, 1.807) is 0 Å². The number of ether oxygens (including phenoxy) is 1. The summed E-state index contributed by atoms with van der Waals surface area (Å²) in [4.78, 5) is 0. The first-order valence-corrected chi connectivity index (χ1v) is 7.39. The summed E-state index contributed by atoms with van der Waals surface area (Å²) in [5.74, 6) is 0. The van der Waals surface area contributed by atoms with Crippen LogP contribution < -0.4 is 0 Å². The van der Waals surface area contributed by atoms with E-state index in [0.717, 1.165) is 11.1 Å². The average molecular weight is 282 g/mol. The van der Waals surface area contributed by atoms with Gasteiger partial charge in [-0.15, -0.1) is 0 Å². The van der Waals surface area contributed by atoms with Gasteiger partial charge in [0.05, 0.1) is 6.61 Å². The molecule has 1 aliphatic heterocycles. The summed E-state index contributed by atoms with van der Waals surface area (Å²) >= 11 is 0. The Morgan fingerprint density at radius 1 is 0.857 bits per heavy atom. The fourth-order valence-corrected chi connectivity index (χ4v) is 3.25. The van der Waals surface area contributed by atoms with Gasteiger partial charge in [-0.25, -0.2) is 0 Å². The van der Waals surface area contributed by atoms with Crippen LogP contribution in [0.1, 0.15) is 31.9 Å². The van der Waals surface area contributed by atoms with Crippen LogP contribution in [0.5, 0.6) is 0 Å². The fraction of sp³-hybridized carbons (Fsp3) is 0.368. The maximum atomic E-state index is 11.4. The molecular weight excluding hydrogens is 260 g/mol. The molecular formula is C19H22O2. The van der Waals surface area contributed by atoms with E-state index in [4.69, 9.17) is 4.74 Å². The van der Waals surface area contributed by atoms with Gasteiger partial charge in [0.1, 0.15) is 11.2 Å². The van der Waals surface area contributed by atoms with Crippen LogP contribution in [-0.2, 0) is 10.3 Å². The molecule has 0 radical (unpaired) electrons. The summed E-state index contributed by atoms with van der Waals surface area (Å²) in [6.45, 7) is 6.54. The van der Waals surface area contributed by atoms with Crippen LogP contribution in [0.4, 0.5) is 0 Å². The summed E-state index contributed by atoms with van der Waals surface area (Å²) in [5.41, 5.74) is -0.0345. The molecule has 1 fully saturated rings. The van der Waals surface area contributed by atoms with Gasteiger partial charge in [-0.2, -0.15) is 0 Å². The van der Waals surface area contributed by atoms with Crippen molar-refractivity contribution in [1.82, 2.24) is 0 Å². The first-order chi connectivity index (χ1) is 9.92. The second-order valence-corrected chi connectivity index (χ2v) is 6.81. The predicted octanol–water partition coefficient (Wildman–Crippen LogP) is 3.74. The molecule has 3 rings (SSSR count). The highest BCUT2D eigenvalue weighted by atomic mass is 16.6. The third-order valence-corrected chi connectivity index (χ3v) is 4.68. The van der Waals surface area contributed by atoms with Crippen LogP contribution >= 0.6 is 0 Å². The third kappa shape index (κ3) is 1.86. The Morgan fingerprint density at radius 2 is 1.29 bits per heavy atom. The summed E-state index contributed by atoms with van der Waals surface area (Å²) in [6, 6.07) is 20.1. The number of hydrogen-bond acceptors (Lipinski definition) is 2. The van der Waals surface area contributed by atoms with Crippen LogP contribution in [0.25, 0.3) is 0 Å². The molecule has 2 nitrogen and oxygen atoms in total. The maximum Gasteiger partial charge on any atom is 0.150 e. The van der Waals surface area contributed by atoms with E-state index in [2.05, 4.69) is 20.8 Å². The minimum absolute atomic E-state index is 0.295. The molecule has 0 aliphatic carbocycles. The summed E-state index contributed by atoms with van der Waals surface area (Å²) in [5, 5.41) is 11.4. The molecule has 0 aromatic heterocycles. The molecule has 110 valence electrons. The summed E-state index contributed by atoms with van der Waals surface area (Å²) in [6.07, 6.45) is 0. The molecule has 1 aliphatic rings. The Balaban J connectivity index is 2.23. The van der Waals surface area contributed by atoms with Gasteiger partial charge in [0.15, 0.2) is 0 Å². The van der Waals surface area contributed by atoms with Gasteiger partial charge in [-0.05, 0) is 16.5 Å². The average Bonchev–Trinajstić information content (AvgIpc) is 2.47. The highest BCUT2D eigenvalue weighted by molar-refractivity contribution is 5.44. The number of benzene rings is 2. The SMILES string of the molecule is CC(C)(C)C1(O)COC1(c1ccccc1)c1ccccc1. The van der Waals surface area contributed by atoms with Crippen molar-refractivity contribution >= 4 is 0 Å². The van der Waals surface area contributed by atoms with Crippen molar-refractivity contribution in [1.29, 1.82) is 0 Å². The number of hydrogen-bond donors (Lipinski definition) is 1. The maximum absolute atomic E-state index is 11.4. The van der Waals surface area contributed by atoms with E-state index in [1.165, 1.54) is 0 Å². The highest BCUT2D eigenvalue weighted by Crippen LogP contribution is 2.57. The Morgan fingerprint density at radius 3 is 1.57 bits per heavy atom. The van der Waals surface area contributed by atoms with Crippen LogP contribution in [0.3, 0.4) is 0 Å². The Labute approximate surface area is 126 Å². The molecule has 1 N–H and O–H groups in total. The lowest BCUT2D eigenvalue weighted by Gasteiger charge is -2.61. The number of aliphatic hydroxyl groups is 1. The minimum atomic E-state index is -0.942. The summed E-state index contributed by atoms with van der Waals surface area (Å²) < 4.78 is 6.08. The van der Waals surface area contributed by atoms with Gasteiger partial charge in [0, 0.05) is 0 Å². The smallest absolute Gasteiger partial charge is 0.150 e. The normalized spacial score (nSPS) is 24.4. The van der Waals surface area contributed by atoms with E-state index in [-0.39, 0.29) is 5.41 Å². The molecule has 0 spiro atoms. The van der Waals surface area contributed by atoms with Crippen molar-refractivity contribution in [2.24, 2.45) is 5.41 Å². The predicted molar refractivity (Wildman–Crippen MR) is 84.0 cm³/mol. The van der Waals surface area contributed by atoms with Crippen LogP contribution in [-0.4, -0.2) is 17.3 Å². The third-order valence-electron chi connectivity index (χ3n) is 4.68. The van der Waals surface area contributed by atoms with Gasteiger partial charge in [0.2, 0.25) is 0 Å². The molecule has 1 unspecified atom stereocenters. The lowest BCUT2D eigenvalue weighted by atomic mass is 9.58. The topological polar surface area (TPSA) is 29.5 Å². The van der Waals surface area contributed by atoms with Gasteiger partial charge < -0.3 is 9.84 Å². The standard InChI is InChI=1S/C19H22O2/c1-17(2,3)18(20)14-21-19(18,15-10-6-4-7-11-15)16-12-8-5-9-13-16/h4-13,20H,14H2,1-3H3. The van der Waals surface area contributed by atoms with Crippen molar-refractivity contribution in [3.8, 4) is 0 Å². The van der Waals surface area contributed by atoms with Gasteiger partial charge in [-0.1, -0.05) is 81.4 Å². The molecule has 1 atom stereocenters. The van der Waals surface area contributed by atoms with Gasteiger partial charge in [0.25, 0.3) is 0 Å². The monoisotopic (exact) mass is 282 g/mol. The second kappa shape index (κ2) is 4.69. The molecule has 0 amide bonds. The molecule has 21 heavy (non-hydrogen) atoms. The Bertz CT molecular complexity index is 574. The van der Waals surface area contributed by atoms with Crippen molar-refractivity contribution in [2.45, 2.75) is 32.0 Å². The molecule has 2 aromatic carbocycles. The first kappa shape index (κ1) is 14.3. The highest BCUT2D eigenvalue weighted by Gasteiger charge is 2.67. The van der Waals surface area contributed by atoms with Gasteiger partial charge >= 0.3 is 0 Å². The summed E-state index contributed by atoms with van der Waals surface area (Å²) in [7, 11) is 0. The van der Waals surface area contributed by atoms with Crippen LogP contribution in [0.2, 0.25) is 0 Å². The molecule has 0 bridgehead atoms. The van der Waals surface area contributed by atoms with Gasteiger partial charge in [-0.3, -0.25) is 0 Å². The lowest BCUT2D eigenvalue weighted by molar-refractivity contribution is -0.330. The fourth-order valence-electron chi connectivity index (χ4n) is 3.25. The van der Waals surface area contributed by atoms with E-state index < -0.39 is 11.2 Å². The molecule has 0 saturated carbocycles. The zero-order valence-corrected chi connectivity index (χ0v) is 12.8. The Kier molecular flexibility index (Phi) is 3.19. The minimum Gasteiger partial charge on any atom is -0.383 e. The molecule has 2 aromatic rings. The van der Waals surface area contributed by atoms with Crippen molar-refractivity contribution in [3.63, 3.8) is 0 Å². The Hall–Kier alpha value is -1.64. The van der Waals surface area contributed by atoms with Crippen molar-refractivity contribution in [3.05, 3.63) is 71.8 Å². The quantitative estimate of drug-likeness (QED) is 0.909. The molecule has 2 heteroatoms. The van der Waals surface area contributed by atoms with E-state index >= 15 is 0 Å². The van der Waals surface area contributed by atoms with E-state index in [1.807, 2.05) is 60.7 Å². The second-order valence-electron chi connectivity index (χ2n) is 6.81. The first-order valence-electron chi connectivity index (χ1n) is 7.39. The molecule has 1 heterocycles. The van der Waals surface area contributed by atoms with E-state index in [9.17, 15) is 5.11 Å². The van der Waals surface area contributed by atoms with Crippen molar-refractivity contribution < 1.29 is 9.84 Å². The zero-order chi connectivity index (χ0) is 15.1. The van der Waals surface area contributed by atoms with E-state index in [0.29, 0.717) is 6.61 Å². The largest absolute Gasteiger partial charge is 0.383 e.